The first kappa shape index (κ1) is 23.0. The van der Waals surface area contributed by atoms with Gasteiger partial charge >= 0.3 is 6.09 Å². The molecule has 1 amide bonds. The molecule has 1 fully saturated rings. The largest absolute Gasteiger partial charge is 0.444 e. The number of nitroso groups, excluding NO2 is 1. The van der Waals surface area contributed by atoms with Crippen LogP contribution in [-0.2, 0) is 4.74 Å². The highest BCUT2D eigenvalue weighted by Crippen LogP contribution is 2.25. The van der Waals surface area contributed by atoms with E-state index in [0.29, 0.717) is 24.3 Å². The summed E-state index contributed by atoms with van der Waals surface area (Å²) in [6.45, 7) is 6.62. The third-order valence-corrected chi connectivity index (χ3v) is 5.55. The number of nitrogens with one attached hydrogen (secondary N) is 1. The first-order chi connectivity index (χ1) is 16.2. The molecular weight excluding hydrogens is 434 g/mol. The van der Waals surface area contributed by atoms with Crippen molar-refractivity contribution in [2.75, 3.05) is 18.4 Å². The molecule has 174 valence electrons. The zero-order valence-electron chi connectivity index (χ0n) is 19.2. The molecule has 0 spiro atoms. The van der Waals surface area contributed by atoms with Crippen LogP contribution >= 0.6 is 0 Å². The SMILES string of the molecule is CC(C)(C)OC(=O)N1CC[C@@H](Nc2ccc3cc(C#N)c(=O)n(-c4ccc(N=O)cc4)c3c2)C1. The van der Waals surface area contributed by atoms with Gasteiger partial charge < -0.3 is 15.0 Å². The number of carbonyl (C=O) groups excluding carboxylic acids is 1. The van der Waals surface area contributed by atoms with E-state index in [-0.39, 0.29) is 23.4 Å². The van der Waals surface area contributed by atoms with Crippen molar-refractivity contribution >= 4 is 28.4 Å². The molecule has 4 rings (SSSR count). The first-order valence-corrected chi connectivity index (χ1v) is 11.0. The Balaban J connectivity index is 1.65. The number of aromatic nitrogens is 1. The van der Waals surface area contributed by atoms with E-state index in [1.54, 1.807) is 23.1 Å². The fourth-order valence-corrected chi connectivity index (χ4v) is 4.00. The molecule has 0 unspecified atom stereocenters. The van der Waals surface area contributed by atoms with Crippen LogP contribution in [0.5, 0.6) is 0 Å². The lowest BCUT2D eigenvalue weighted by Crippen LogP contribution is -2.36. The van der Waals surface area contributed by atoms with Gasteiger partial charge in [0.15, 0.2) is 0 Å². The second-order valence-corrected chi connectivity index (χ2v) is 9.25. The predicted molar refractivity (Wildman–Crippen MR) is 130 cm³/mol. The summed E-state index contributed by atoms with van der Waals surface area (Å²) >= 11 is 0. The maximum Gasteiger partial charge on any atom is 0.410 e. The molecule has 1 aliphatic heterocycles. The predicted octanol–water partition coefficient (Wildman–Crippen LogP) is 4.68. The number of anilines is 1. The lowest BCUT2D eigenvalue weighted by molar-refractivity contribution is 0.0293. The normalized spacial score (nSPS) is 15.7. The van der Waals surface area contributed by atoms with Crippen molar-refractivity contribution < 1.29 is 9.53 Å². The molecule has 2 aromatic carbocycles. The molecule has 34 heavy (non-hydrogen) atoms. The summed E-state index contributed by atoms with van der Waals surface area (Å²) in [7, 11) is 0. The van der Waals surface area contributed by atoms with Crippen LogP contribution in [0.25, 0.3) is 16.6 Å². The van der Waals surface area contributed by atoms with E-state index in [9.17, 15) is 19.8 Å². The highest BCUT2D eigenvalue weighted by molar-refractivity contribution is 5.85. The molecule has 0 radical (unpaired) electrons. The Hall–Kier alpha value is -4.19. The third-order valence-electron chi connectivity index (χ3n) is 5.55. The van der Waals surface area contributed by atoms with Gasteiger partial charge in [-0.05, 0) is 74.8 Å². The molecular formula is C25H25N5O4. The van der Waals surface area contributed by atoms with Crippen molar-refractivity contribution in [1.29, 1.82) is 5.26 Å². The number of rotatable bonds is 4. The standard InChI is InChI=1S/C25H25N5O4/c1-25(2,3)34-24(32)29-11-10-20(15-29)27-19-5-4-16-12-17(14-26)23(31)30(22(16)13-19)21-8-6-18(28-33)7-9-21/h4-9,12-13,20,27H,10-11,15H2,1-3H3/t20-/m1/s1. The van der Waals surface area contributed by atoms with E-state index in [4.69, 9.17) is 4.74 Å². The van der Waals surface area contributed by atoms with Crippen molar-refractivity contribution in [2.45, 2.75) is 38.8 Å². The molecule has 1 aliphatic rings. The summed E-state index contributed by atoms with van der Waals surface area (Å²) in [5, 5.41) is 16.5. The van der Waals surface area contributed by atoms with E-state index in [1.807, 2.05) is 45.0 Å². The molecule has 0 saturated carbocycles. The highest BCUT2D eigenvalue weighted by atomic mass is 16.6. The molecule has 0 bridgehead atoms. The average molecular weight is 460 g/mol. The second-order valence-electron chi connectivity index (χ2n) is 9.25. The van der Waals surface area contributed by atoms with Crippen LogP contribution in [0.4, 0.5) is 16.2 Å². The van der Waals surface area contributed by atoms with Gasteiger partial charge in [0, 0.05) is 35.9 Å². The fourth-order valence-electron chi connectivity index (χ4n) is 4.00. The molecule has 1 N–H and O–H groups in total. The smallest absolute Gasteiger partial charge is 0.410 e. The Morgan fingerprint density at radius 3 is 2.56 bits per heavy atom. The minimum atomic E-state index is -0.549. The van der Waals surface area contributed by atoms with Crippen LogP contribution in [0.3, 0.4) is 0 Å². The van der Waals surface area contributed by atoms with Crippen LogP contribution in [-0.4, -0.2) is 40.3 Å². The number of hydrogen-bond acceptors (Lipinski definition) is 7. The summed E-state index contributed by atoms with van der Waals surface area (Å²) in [4.78, 5) is 37.9. The van der Waals surface area contributed by atoms with Crippen molar-refractivity contribution in [3.63, 3.8) is 0 Å². The Kier molecular flexibility index (Phi) is 6.07. The number of fused-ring (bicyclic) bond motifs is 1. The van der Waals surface area contributed by atoms with Crippen LogP contribution in [0.15, 0.2) is 58.5 Å². The lowest BCUT2D eigenvalue weighted by Gasteiger charge is -2.24. The summed E-state index contributed by atoms with van der Waals surface area (Å²) < 4.78 is 6.92. The monoisotopic (exact) mass is 459 g/mol. The van der Waals surface area contributed by atoms with E-state index in [1.165, 1.54) is 16.7 Å². The number of carbonyl (C=O) groups is 1. The van der Waals surface area contributed by atoms with Crippen molar-refractivity contribution in [1.82, 2.24) is 9.47 Å². The number of likely N-dealkylation sites (tertiary alicyclic amines) is 1. The van der Waals surface area contributed by atoms with Gasteiger partial charge in [-0.2, -0.15) is 5.26 Å². The maximum absolute atomic E-state index is 13.0. The van der Waals surface area contributed by atoms with Gasteiger partial charge in [-0.1, -0.05) is 6.07 Å². The molecule has 9 nitrogen and oxygen atoms in total. The van der Waals surface area contributed by atoms with Crippen molar-refractivity contribution in [3.05, 3.63) is 69.4 Å². The van der Waals surface area contributed by atoms with E-state index in [2.05, 4.69) is 10.5 Å². The van der Waals surface area contributed by atoms with E-state index < -0.39 is 11.2 Å². The van der Waals surface area contributed by atoms with Crippen LogP contribution in [0.2, 0.25) is 0 Å². The topological polar surface area (TPSA) is 117 Å². The van der Waals surface area contributed by atoms with Crippen LogP contribution < -0.4 is 10.9 Å². The number of hydrogen-bond donors (Lipinski definition) is 1. The Bertz CT molecular complexity index is 1350. The number of nitrogens with zero attached hydrogens (tertiary/aromatic N) is 4. The van der Waals surface area contributed by atoms with Gasteiger partial charge in [0.2, 0.25) is 0 Å². The lowest BCUT2D eigenvalue weighted by atomic mass is 10.1. The second kappa shape index (κ2) is 8.98. The van der Waals surface area contributed by atoms with Crippen molar-refractivity contribution in [3.8, 4) is 11.8 Å². The molecule has 3 aromatic rings. The fraction of sp³-hybridized carbons (Fsp3) is 0.320. The number of ether oxygens (including phenoxy) is 1. The quantitative estimate of drug-likeness (QED) is 0.566. The van der Waals surface area contributed by atoms with Crippen LogP contribution in [0, 0.1) is 16.2 Å². The van der Waals surface area contributed by atoms with Crippen molar-refractivity contribution in [2.24, 2.45) is 5.18 Å². The molecule has 0 aliphatic carbocycles. The van der Waals surface area contributed by atoms with E-state index in [0.717, 1.165) is 17.5 Å². The number of amides is 1. The van der Waals surface area contributed by atoms with E-state index >= 15 is 0 Å². The minimum Gasteiger partial charge on any atom is -0.444 e. The van der Waals surface area contributed by atoms with Gasteiger partial charge in [0.05, 0.1) is 5.52 Å². The molecule has 2 heterocycles. The summed E-state index contributed by atoms with van der Waals surface area (Å²) in [5.74, 6) is 0. The zero-order chi connectivity index (χ0) is 24.5. The average Bonchev–Trinajstić information content (AvgIpc) is 3.26. The van der Waals surface area contributed by atoms with Gasteiger partial charge in [0.1, 0.15) is 22.9 Å². The number of benzene rings is 2. The van der Waals surface area contributed by atoms with Gasteiger partial charge in [-0.25, -0.2) is 4.79 Å². The van der Waals surface area contributed by atoms with Gasteiger partial charge in [-0.3, -0.25) is 9.36 Å². The maximum atomic E-state index is 13.0. The molecule has 1 atom stereocenters. The third kappa shape index (κ3) is 4.76. The summed E-state index contributed by atoms with van der Waals surface area (Å²) in [6, 6.07) is 15.4. The molecule has 9 heteroatoms. The Morgan fingerprint density at radius 1 is 1.18 bits per heavy atom. The summed E-state index contributed by atoms with van der Waals surface area (Å²) in [5.41, 5.74) is 1.19. The summed E-state index contributed by atoms with van der Waals surface area (Å²) in [6.07, 6.45) is 0.430. The Labute approximate surface area is 196 Å². The van der Waals surface area contributed by atoms with Gasteiger partial charge in [-0.15, -0.1) is 4.91 Å². The Morgan fingerprint density at radius 2 is 1.91 bits per heavy atom. The van der Waals surface area contributed by atoms with Gasteiger partial charge in [0.25, 0.3) is 5.56 Å². The number of pyridine rings is 1. The van der Waals surface area contributed by atoms with Crippen LogP contribution in [0.1, 0.15) is 32.8 Å². The number of nitriles is 1. The molecule has 1 aromatic heterocycles. The zero-order valence-corrected chi connectivity index (χ0v) is 19.2. The highest BCUT2D eigenvalue weighted by Gasteiger charge is 2.29. The molecule has 1 saturated heterocycles. The first-order valence-electron chi connectivity index (χ1n) is 11.0. The minimum absolute atomic E-state index is 0.0228.